The molecular formula is C12H19F3N2. The first-order valence-electron chi connectivity index (χ1n) is 5.96. The second-order valence-corrected chi connectivity index (χ2v) is 4.46. The average molecular weight is 248 g/mol. The number of hydrogen-bond donors (Lipinski definition) is 1. The van der Waals surface area contributed by atoms with Crippen molar-refractivity contribution in [2.75, 3.05) is 19.6 Å². The predicted octanol–water partition coefficient (Wildman–Crippen LogP) is 2.01. The van der Waals surface area contributed by atoms with E-state index in [0.29, 0.717) is 13.1 Å². The average Bonchev–Trinajstić information content (AvgIpc) is 2.26. The summed E-state index contributed by atoms with van der Waals surface area (Å²) in [6, 6.07) is 0.287. The lowest BCUT2D eigenvalue weighted by Crippen LogP contribution is -2.47. The fourth-order valence-corrected chi connectivity index (χ4v) is 2.08. The number of piperidine rings is 1. The zero-order chi connectivity index (χ0) is 12.9. The van der Waals surface area contributed by atoms with Crippen molar-refractivity contribution in [3.05, 3.63) is 0 Å². The first-order valence-corrected chi connectivity index (χ1v) is 5.96. The lowest BCUT2D eigenvalue weighted by Gasteiger charge is -2.33. The second-order valence-electron chi connectivity index (χ2n) is 4.46. The molecule has 1 saturated heterocycles. The molecule has 0 aromatic heterocycles. The van der Waals surface area contributed by atoms with Crippen molar-refractivity contribution in [2.24, 2.45) is 0 Å². The number of rotatable bonds is 4. The minimum atomic E-state index is -4.09. The van der Waals surface area contributed by atoms with E-state index >= 15 is 0 Å². The Balaban J connectivity index is 2.29. The maximum atomic E-state index is 12.2. The topological polar surface area (TPSA) is 15.3 Å². The highest BCUT2D eigenvalue weighted by Gasteiger charge is 2.32. The molecule has 1 atom stereocenters. The van der Waals surface area contributed by atoms with Crippen LogP contribution >= 0.6 is 0 Å². The van der Waals surface area contributed by atoms with Crippen molar-refractivity contribution in [3.63, 3.8) is 0 Å². The van der Waals surface area contributed by atoms with Gasteiger partial charge in [0.15, 0.2) is 0 Å². The molecule has 1 fully saturated rings. The van der Waals surface area contributed by atoms with Crippen LogP contribution < -0.4 is 5.32 Å². The molecule has 98 valence electrons. The van der Waals surface area contributed by atoms with E-state index in [4.69, 9.17) is 6.42 Å². The summed E-state index contributed by atoms with van der Waals surface area (Å²) in [5.41, 5.74) is 0. The summed E-state index contributed by atoms with van der Waals surface area (Å²) < 4.78 is 36.5. The molecule has 17 heavy (non-hydrogen) atoms. The highest BCUT2D eigenvalue weighted by Crippen LogP contribution is 2.19. The van der Waals surface area contributed by atoms with Crippen LogP contribution in [0, 0.1) is 12.3 Å². The molecule has 0 aromatic carbocycles. The van der Waals surface area contributed by atoms with E-state index in [1.54, 1.807) is 0 Å². The molecule has 1 heterocycles. The van der Waals surface area contributed by atoms with Crippen LogP contribution in [0.4, 0.5) is 13.2 Å². The van der Waals surface area contributed by atoms with Gasteiger partial charge < -0.3 is 5.32 Å². The smallest absolute Gasteiger partial charge is 0.301 e. The quantitative estimate of drug-likeness (QED) is 0.766. The Morgan fingerprint density at radius 2 is 2.00 bits per heavy atom. The Kier molecular flexibility index (Phi) is 5.29. The molecule has 1 rings (SSSR count). The molecule has 0 aliphatic carbocycles. The third-order valence-electron chi connectivity index (χ3n) is 3.04. The third-order valence-corrected chi connectivity index (χ3v) is 3.04. The number of likely N-dealkylation sites (tertiary alicyclic amines) is 1. The van der Waals surface area contributed by atoms with Crippen molar-refractivity contribution in [3.8, 4) is 12.3 Å². The van der Waals surface area contributed by atoms with E-state index in [0.717, 1.165) is 19.3 Å². The van der Waals surface area contributed by atoms with E-state index in [2.05, 4.69) is 11.2 Å². The molecule has 0 spiro atoms. The van der Waals surface area contributed by atoms with Gasteiger partial charge in [0, 0.05) is 6.04 Å². The van der Waals surface area contributed by atoms with E-state index in [9.17, 15) is 13.2 Å². The van der Waals surface area contributed by atoms with E-state index in [-0.39, 0.29) is 12.1 Å². The highest BCUT2D eigenvalue weighted by molar-refractivity contribution is 4.99. The van der Waals surface area contributed by atoms with Crippen LogP contribution in [0.5, 0.6) is 0 Å². The predicted molar refractivity (Wildman–Crippen MR) is 61.6 cm³/mol. The van der Waals surface area contributed by atoms with Gasteiger partial charge in [-0.25, -0.2) is 0 Å². The SMILES string of the molecule is C#CC(CC)NC1CCN(CC(F)(F)F)CC1. The molecule has 0 aromatic rings. The van der Waals surface area contributed by atoms with Crippen LogP contribution in [0.3, 0.4) is 0 Å². The Labute approximate surface area is 101 Å². The minimum absolute atomic E-state index is 0.0363. The van der Waals surface area contributed by atoms with Gasteiger partial charge in [-0.2, -0.15) is 13.2 Å². The van der Waals surface area contributed by atoms with Crippen LogP contribution in [0.25, 0.3) is 0 Å². The molecule has 1 N–H and O–H groups in total. The Morgan fingerprint density at radius 1 is 1.41 bits per heavy atom. The highest BCUT2D eigenvalue weighted by atomic mass is 19.4. The summed E-state index contributed by atoms with van der Waals surface area (Å²) in [4.78, 5) is 1.45. The van der Waals surface area contributed by atoms with Crippen molar-refractivity contribution in [2.45, 2.75) is 44.4 Å². The van der Waals surface area contributed by atoms with E-state index < -0.39 is 12.7 Å². The monoisotopic (exact) mass is 248 g/mol. The lowest BCUT2D eigenvalue weighted by atomic mass is 10.0. The maximum absolute atomic E-state index is 12.2. The van der Waals surface area contributed by atoms with Gasteiger partial charge in [-0.15, -0.1) is 6.42 Å². The van der Waals surface area contributed by atoms with Gasteiger partial charge in [0.25, 0.3) is 0 Å². The number of nitrogens with one attached hydrogen (secondary N) is 1. The molecule has 5 heteroatoms. The molecule has 0 amide bonds. The molecule has 2 nitrogen and oxygen atoms in total. The van der Waals surface area contributed by atoms with Crippen LogP contribution in [-0.2, 0) is 0 Å². The Bertz CT molecular complexity index is 262. The summed E-state index contributed by atoms with van der Waals surface area (Å²) in [6.07, 6.45) is 3.55. The summed E-state index contributed by atoms with van der Waals surface area (Å²) in [5, 5.41) is 3.29. The van der Waals surface area contributed by atoms with Crippen molar-refractivity contribution in [1.82, 2.24) is 10.2 Å². The van der Waals surface area contributed by atoms with Crippen molar-refractivity contribution < 1.29 is 13.2 Å². The number of halogens is 3. The van der Waals surface area contributed by atoms with Gasteiger partial charge in [-0.3, -0.25) is 4.90 Å². The summed E-state index contributed by atoms with van der Waals surface area (Å²) in [7, 11) is 0. The zero-order valence-corrected chi connectivity index (χ0v) is 10.1. The number of terminal acetylenes is 1. The van der Waals surface area contributed by atoms with Gasteiger partial charge in [-0.05, 0) is 32.4 Å². The maximum Gasteiger partial charge on any atom is 0.401 e. The van der Waals surface area contributed by atoms with Crippen LogP contribution in [-0.4, -0.2) is 42.8 Å². The second kappa shape index (κ2) is 6.27. The standard InChI is InChI=1S/C12H19F3N2/c1-3-10(4-2)16-11-5-7-17(8-6-11)9-12(13,14)15/h1,10-11,16H,4-9H2,2H3. The van der Waals surface area contributed by atoms with E-state index in [1.165, 1.54) is 4.90 Å². The van der Waals surface area contributed by atoms with Gasteiger partial charge in [0.2, 0.25) is 0 Å². The summed E-state index contributed by atoms with van der Waals surface area (Å²) in [5.74, 6) is 2.64. The molecule has 1 aliphatic heterocycles. The third kappa shape index (κ3) is 5.42. The molecule has 1 unspecified atom stereocenters. The summed E-state index contributed by atoms with van der Waals surface area (Å²) in [6.45, 7) is 2.17. The fourth-order valence-electron chi connectivity index (χ4n) is 2.08. The fraction of sp³-hybridized carbons (Fsp3) is 0.833. The first kappa shape index (κ1) is 14.3. The van der Waals surface area contributed by atoms with Crippen LogP contribution in [0.15, 0.2) is 0 Å². The number of hydrogen-bond acceptors (Lipinski definition) is 2. The Morgan fingerprint density at radius 3 is 2.41 bits per heavy atom. The van der Waals surface area contributed by atoms with Crippen molar-refractivity contribution >= 4 is 0 Å². The first-order chi connectivity index (χ1) is 7.94. The zero-order valence-electron chi connectivity index (χ0n) is 10.1. The van der Waals surface area contributed by atoms with Gasteiger partial charge in [0.1, 0.15) is 0 Å². The largest absolute Gasteiger partial charge is 0.401 e. The molecular weight excluding hydrogens is 229 g/mol. The van der Waals surface area contributed by atoms with Gasteiger partial charge in [0.05, 0.1) is 12.6 Å². The number of nitrogens with zero attached hydrogens (tertiary/aromatic N) is 1. The van der Waals surface area contributed by atoms with Gasteiger partial charge >= 0.3 is 6.18 Å². The Hall–Kier alpha value is -0.730. The van der Waals surface area contributed by atoms with Crippen molar-refractivity contribution in [1.29, 1.82) is 0 Å². The lowest BCUT2D eigenvalue weighted by molar-refractivity contribution is -0.148. The molecule has 0 bridgehead atoms. The number of alkyl halides is 3. The molecule has 0 saturated carbocycles. The molecule has 0 radical (unpaired) electrons. The summed E-state index contributed by atoms with van der Waals surface area (Å²) >= 11 is 0. The van der Waals surface area contributed by atoms with Gasteiger partial charge in [-0.1, -0.05) is 12.8 Å². The minimum Gasteiger partial charge on any atom is -0.301 e. The van der Waals surface area contributed by atoms with Crippen LogP contribution in [0.1, 0.15) is 26.2 Å². The van der Waals surface area contributed by atoms with E-state index in [1.807, 2.05) is 6.92 Å². The normalized spacial score (nSPS) is 21.1. The van der Waals surface area contributed by atoms with Crippen LogP contribution in [0.2, 0.25) is 0 Å². The molecule has 1 aliphatic rings.